The predicted molar refractivity (Wildman–Crippen MR) is 103 cm³/mol. The number of aromatic nitrogens is 1. The number of hydrogen-bond donors (Lipinski definition) is 2. The van der Waals surface area contributed by atoms with Crippen LogP contribution in [-0.4, -0.2) is 23.0 Å². The van der Waals surface area contributed by atoms with Crippen LogP contribution < -0.4 is 11.1 Å². The highest BCUT2D eigenvalue weighted by atomic mass is 16.5. The number of carbonyl (C=O) groups is 2. The molecule has 0 saturated heterocycles. The third-order valence-electron chi connectivity index (χ3n) is 7.14. The van der Waals surface area contributed by atoms with Crippen molar-refractivity contribution >= 4 is 11.8 Å². The van der Waals surface area contributed by atoms with Crippen molar-refractivity contribution in [2.45, 2.75) is 45.1 Å². The maximum absolute atomic E-state index is 12.8. The lowest BCUT2D eigenvalue weighted by Crippen LogP contribution is -2.62. The van der Waals surface area contributed by atoms with Crippen molar-refractivity contribution in [2.24, 2.45) is 28.9 Å². The molecule has 2 atom stereocenters. The summed E-state index contributed by atoms with van der Waals surface area (Å²) in [5.41, 5.74) is 7.74. The summed E-state index contributed by atoms with van der Waals surface area (Å²) < 4.78 is 5.41. The summed E-state index contributed by atoms with van der Waals surface area (Å²) in [7, 11) is 0. The molecule has 6 rings (SSSR count). The molecule has 1 aromatic carbocycles. The summed E-state index contributed by atoms with van der Waals surface area (Å²) >= 11 is 0. The molecule has 2 unspecified atom stereocenters. The summed E-state index contributed by atoms with van der Waals surface area (Å²) in [6.45, 7) is 2.01. The van der Waals surface area contributed by atoms with Crippen LogP contribution in [0.4, 0.5) is 0 Å². The Bertz CT molecular complexity index is 934. The second-order valence-corrected chi connectivity index (χ2v) is 9.06. The molecule has 146 valence electrons. The molecule has 0 radical (unpaired) electrons. The second-order valence-electron chi connectivity index (χ2n) is 9.06. The van der Waals surface area contributed by atoms with Crippen LogP contribution >= 0.6 is 0 Å². The van der Waals surface area contributed by atoms with Gasteiger partial charge in [0, 0.05) is 23.1 Å². The van der Waals surface area contributed by atoms with E-state index in [4.69, 9.17) is 10.3 Å². The summed E-state index contributed by atoms with van der Waals surface area (Å²) in [6, 6.07) is 9.70. The van der Waals surface area contributed by atoms with E-state index in [1.807, 2.05) is 31.2 Å². The van der Waals surface area contributed by atoms with Gasteiger partial charge in [-0.1, -0.05) is 28.9 Å². The third kappa shape index (κ3) is 2.74. The van der Waals surface area contributed by atoms with E-state index in [0.717, 1.165) is 43.2 Å². The Labute approximate surface area is 163 Å². The molecule has 6 nitrogen and oxygen atoms in total. The van der Waals surface area contributed by atoms with E-state index in [1.54, 1.807) is 6.07 Å². The fourth-order valence-electron chi connectivity index (χ4n) is 6.10. The molecule has 4 aliphatic carbocycles. The van der Waals surface area contributed by atoms with Gasteiger partial charge in [-0.25, -0.2) is 0 Å². The Morgan fingerprint density at radius 2 is 1.93 bits per heavy atom. The number of hydrogen-bond acceptors (Lipinski definition) is 4. The summed E-state index contributed by atoms with van der Waals surface area (Å²) in [5.74, 6) is 1.45. The van der Waals surface area contributed by atoms with E-state index in [2.05, 4.69) is 10.5 Å². The van der Waals surface area contributed by atoms with Crippen LogP contribution in [0.3, 0.4) is 0 Å². The lowest BCUT2D eigenvalue weighted by molar-refractivity contribution is -0.145. The molecule has 2 amide bonds. The van der Waals surface area contributed by atoms with E-state index < -0.39 is 0 Å². The molecule has 6 heteroatoms. The molecular weight excluding hydrogens is 354 g/mol. The molecule has 28 heavy (non-hydrogen) atoms. The van der Waals surface area contributed by atoms with Crippen LogP contribution in [0.5, 0.6) is 0 Å². The number of nitrogens with zero attached hydrogens (tertiary/aromatic N) is 1. The number of benzene rings is 1. The number of primary amides is 1. The molecule has 4 aliphatic rings. The number of rotatable bonds is 4. The quantitative estimate of drug-likeness (QED) is 0.853. The zero-order valence-electron chi connectivity index (χ0n) is 16.0. The first-order chi connectivity index (χ1) is 13.4. The summed E-state index contributed by atoms with van der Waals surface area (Å²) in [5, 5.41) is 7.18. The van der Waals surface area contributed by atoms with Crippen molar-refractivity contribution in [3.63, 3.8) is 0 Å². The Kier molecular flexibility index (Phi) is 3.86. The van der Waals surface area contributed by atoms with E-state index >= 15 is 0 Å². The Morgan fingerprint density at radius 1 is 1.18 bits per heavy atom. The van der Waals surface area contributed by atoms with Gasteiger partial charge in [0.2, 0.25) is 5.91 Å². The lowest BCUT2D eigenvalue weighted by atomic mass is 9.47. The van der Waals surface area contributed by atoms with Crippen molar-refractivity contribution < 1.29 is 14.1 Å². The van der Waals surface area contributed by atoms with Crippen LogP contribution in [-0.2, 0) is 4.79 Å². The van der Waals surface area contributed by atoms with Crippen molar-refractivity contribution in [3.8, 4) is 11.3 Å². The molecule has 4 bridgehead atoms. The maximum atomic E-state index is 12.8. The molecule has 4 fully saturated rings. The molecule has 1 aromatic heterocycles. The predicted octanol–water partition coefficient (Wildman–Crippen LogP) is 3.06. The average Bonchev–Trinajstić information content (AvgIpc) is 3.14. The number of amides is 2. The molecule has 2 aromatic rings. The van der Waals surface area contributed by atoms with Gasteiger partial charge in [0.05, 0.1) is 0 Å². The topological polar surface area (TPSA) is 98.2 Å². The molecule has 0 spiro atoms. The minimum atomic E-state index is -0.343. The van der Waals surface area contributed by atoms with Crippen LogP contribution in [0.25, 0.3) is 11.3 Å². The highest BCUT2D eigenvalue weighted by Gasteiger charge is 2.58. The molecule has 1 heterocycles. The van der Waals surface area contributed by atoms with Crippen molar-refractivity contribution in [2.75, 3.05) is 0 Å². The fraction of sp³-hybridized carbons (Fsp3) is 0.500. The first kappa shape index (κ1) is 17.5. The van der Waals surface area contributed by atoms with Gasteiger partial charge >= 0.3 is 0 Å². The zero-order valence-corrected chi connectivity index (χ0v) is 16.0. The van der Waals surface area contributed by atoms with Crippen molar-refractivity contribution in [3.05, 3.63) is 41.6 Å². The van der Waals surface area contributed by atoms with Gasteiger partial charge in [0.25, 0.3) is 5.91 Å². The number of nitrogens with two attached hydrogens (primary N) is 1. The van der Waals surface area contributed by atoms with Crippen molar-refractivity contribution in [1.82, 2.24) is 10.5 Å². The fourth-order valence-corrected chi connectivity index (χ4v) is 6.10. The lowest BCUT2D eigenvalue weighted by Gasteiger charge is -2.58. The Balaban J connectivity index is 1.33. The minimum absolute atomic E-state index is 0.0932. The van der Waals surface area contributed by atoms with E-state index in [-0.39, 0.29) is 23.3 Å². The van der Waals surface area contributed by atoms with Crippen LogP contribution in [0.2, 0.25) is 0 Å². The summed E-state index contributed by atoms with van der Waals surface area (Å²) in [6.07, 6.45) is 4.67. The van der Waals surface area contributed by atoms with E-state index in [9.17, 15) is 9.59 Å². The van der Waals surface area contributed by atoms with Gasteiger partial charge < -0.3 is 15.6 Å². The van der Waals surface area contributed by atoms with Gasteiger partial charge in [-0.15, -0.1) is 0 Å². The van der Waals surface area contributed by atoms with E-state index in [1.165, 1.54) is 0 Å². The first-order valence-electron chi connectivity index (χ1n) is 10.1. The number of carbonyl (C=O) groups excluding carboxylic acids is 2. The maximum Gasteiger partial charge on any atom is 0.273 e. The summed E-state index contributed by atoms with van der Waals surface area (Å²) in [4.78, 5) is 24.9. The molecular formula is C22H25N3O3. The molecule has 0 aliphatic heterocycles. The number of aryl methyl sites for hydroxylation is 1. The Morgan fingerprint density at radius 3 is 2.61 bits per heavy atom. The normalized spacial score (nSPS) is 33.0. The largest absolute Gasteiger partial charge is 0.369 e. The van der Waals surface area contributed by atoms with Gasteiger partial charge in [0.1, 0.15) is 0 Å². The van der Waals surface area contributed by atoms with Gasteiger partial charge in [0.15, 0.2) is 11.5 Å². The third-order valence-corrected chi connectivity index (χ3v) is 7.14. The van der Waals surface area contributed by atoms with Crippen molar-refractivity contribution in [1.29, 1.82) is 0 Å². The van der Waals surface area contributed by atoms with E-state index in [0.29, 0.717) is 29.2 Å². The minimum Gasteiger partial charge on any atom is -0.369 e. The number of nitrogens with one attached hydrogen (secondary N) is 1. The second kappa shape index (κ2) is 6.19. The average molecular weight is 379 g/mol. The molecule has 4 saturated carbocycles. The highest BCUT2D eigenvalue weighted by Crippen LogP contribution is 2.59. The first-order valence-corrected chi connectivity index (χ1v) is 10.1. The van der Waals surface area contributed by atoms with Crippen LogP contribution in [0.15, 0.2) is 34.9 Å². The highest BCUT2D eigenvalue weighted by molar-refractivity contribution is 5.93. The Hall–Kier alpha value is -2.63. The molecule has 3 N–H and O–H groups in total. The van der Waals surface area contributed by atoms with Gasteiger partial charge in [-0.2, -0.15) is 0 Å². The zero-order chi connectivity index (χ0) is 19.5. The monoisotopic (exact) mass is 379 g/mol. The van der Waals surface area contributed by atoms with Gasteiger partial charge in [-0.3, -0.25) is 9.59 Å². The smallest absolute Gasteiger partial charge is 0.273 e. The van der Waals surface area contributed by atoms with Gasteiger partial charge in [-0.05, 0) is 62.8 Å². The SMILES string of the molecule is Cc1cccc(-c2cc(C(=O)N[C@H]3C4CC5CC3C[C@](C(N)=O)(C5)C4)no2)c1. The van der Waals surface area contributed by atoms with Crippen LogP contribution in [0, 0.1) is 30.1 Å². The van der Waals surface area contributed by atoms with Crippen LogP contribution in [0.1, 0.15) is 48.2 Å². The standard InChI is InChI=1S/C22H25N3O3/c1-12-3-2-4-14(5-12)18-8-17(25-28-18)20(26)24-19-15-6-13-7-16(19)11-22(9-13,10-15)21(23)27/h2-5,8,13,15-16,19H,6-7,9-11H2,1H3,(H2,23,27)(H,24,26)/t13?,15?,16?,19-,22-.